The molecule has 2 aromatic carbocycles. The fourth-order valence-corrected chi connectivity index (χ4v) is 5.27. The zero-order valence-electron chi connectivity index (χ0n) is 18.8. The molecule has 1 N–H and O–H groups in total. The molecule has 7 heteroatoms. The number of nitrogens with zero attached hydrogens (tertiary/aromatic N) is 3. The Balaban J connectivity index is 2.14. The summed E-state index contributed by atoms with van der Waals surface area (Å²) in [7, 11) is -0.613. The number of piperazine rings is 1. The molecule has 3 rings (SSSR count). The minimum atomic E-state index is -3.63. The molecule has 0 amide bonds. The van der Waals surface area contributed by atoms with Crippen LogP contribution in [0.2, 0.25) is 0 Å². The van der Waals surface area contributed by atoms with Crippen LogP contribution in [-0.2, 0) is 15.7 Å². The zero-order valence-corrected chi connectivity index (χ0v) is 19.6. The summed E-state index contributed by atoms with van der Waals surface area (Å²) in [5.41, 5.74) is -0.212. The van der Waals surface area contributed by atoms with E-state index in [1.54, 1.807) is 24.3 Å². The summed E-state index contributed by atoms with van der Waals surface area (Å²) < 4.78 is 26.7. The smallest absolute Gasteiger partial charge is 0.242 e. The Labute approximate surface area is 186 Å². The van der Waals surface area contributed by atoms with Crippen molar-refractivity contribution in [2.75, 3.05) is 33.7 Å². The van der Waals surface area contributed by atoms with Gasteiger partial charge in [-0.3, -0.25) is 9.80 Å². The van der Waals surface area contributed by atoms with Crippen molar-refractivity contribution >= 4 is 10.0 Å². The van der Waals surface area contributed by atoms with Crippen LogP contribution in [0, 0.1) is 0 Å². The van der Waals surface area contributed by atoms with Crippen molar-refractivity contribution in [1.82, 2.24) is 14.1 Å². The van der Waals surface area contributed by atoms with Crippen molar-refractivity contribution in [2.45, 2.75) is 36.6 Å². The van der Waals surface area contributed by atoms with E-state index in [-0.39, 0.29) is 17.0 Å². The molecule has 6 nitrogen and oxygen atoms in total. The Morgan fingerprint density at radius 3 is 2.32 bits per heavy atom. The molecular formula is C24H33N3O3S. The molecule has 1 fully saturated rings. The lowest BCUT2D eigenvalue weighted by atomic mass is 9.89. The van der Waals surface area contributed by atoms with E-state index in [4.69, 9.17) is 0 Å². The van der Waals surface area contributed by atoms with Gasteiger partial charge in [-0.05, 0) is 26.0 Å². The lowest BCUT2D eigenvalue weighted by Crippen LogP contribution is -2.63. The Hall–Kier alpha value is -2.03. The topological polar surface area (TPSA) is 64.1 Å². The second kappa shape index (κ2) is 9.22. The second-order valence-electron chi connectivity index (χ2n) is 8.45. The highest BCUT2D eigenvalue weighted by molar-refractivity contribution is 7.89. The fraction of sp³-hybridized carbons (Fsp3) is 0.417. The average Bonchev–Trinajstić information content (AvgIpc) is 2.76. The van der Waals surface area contributed by atoms with Gasteiger partial charge in [0.05, 0.1) is 4.90 Å². The van der Waals surface area contributed by atoms with E-state index in [2.05, 4.69) is 30.2 Å². The molecule has 31 heavy (non-hydrogen) atoms. The van der Waals surface area contributed by atoms with E-state index in [0.717, 1.165) is 13.1 Å². The number of aliphatic hydroxyl groups is 1. The SMILES string of the molecule is C=CCN1C[C@@H](C)N([C@@](O)(c2ccccc2)c2cccc(S(=O)(=O)N(C)C)c2)C[C@@H]1C. The normalized spacial score (nSPS) is 22.9. The Kier molecular flexibility index (Phi) is 7.03. The quantitative estimate of drug-likeness (QED) is 0.667. The Bertz CT molecular complexity index is 1010. The molecule has 1 heterocycles. The monoisotopic (exact) mass is 443 g/mol. The van der Waals surface area contributed by atoms with E-state index in [1.165, 1.54) is 18.4 Å². The van der Waals surface area contributed by atoms with Crippen LogP contribution in [-0.4, -0.2) is 73.4 Å². The van der Waals surface area contributed by atoms with Crippen LogP contribution >= 0.6 is 0 Å². The molecule has 3 atom stereocenters. The largest absolute Gasteiger partial charge is 0.367 e. The van der Waals surface area contributed by atoms with Crippen LogP contribution in [0.5, 0.6) is 0 Å². The molecule has 0 spiro atoms. The Morgan fingerprint density at radius 1 is 1.06 bits per heavy atom. The van der Waals surface area contributed by atoms with Crippen LogP contribution in [0.4, 0.5) is 0 Å². The second-order valence-corrected chi connectivity index (χ2v) is 10.6. The highest BCUT2D eigenvalue weighted by atomic mass is 32.2. The zero-order chi connectivity index (χ0) is 22.8. The standard InChI is InChI=1S/C24H33N3O3S/c1-6-15-26-17-20(3)27(18-19(26)2)24(28,21-11-8-7-9-12-21)22-13-10-14-23(16-22)31(29,30)25(4)5/h6-14,16,19-20,28H,1,15,17-18H2,2-5H3/t19-,20+,24+/m0/s1. The number of hydrogen-bond donors (Lipinski definition) is 1. The molecule has 0 saturated carbocycles. The lowest BCUT2D eigenvalue weighted by molar-refractivity contribution is -0.132. The van der Waals surface area contributed by atoms with Crippen molar-refractivity contribution in [3.8, 4) is 0 Å². The minimum absolute atomic E-state index is 0.0375. The minimum Gasteiger partial charge on any atom is -0.367 e. The first-order valence-electron chi connectivity index (χ1n) is 10.5. The van der Waals surface area contributed by atoms with Gasteiger partial charge in [-0.25, -0.2) is 12.7 Å². The Morgan fingerprint density at radius 2 is 1.71 bits per heavy atom. The molecule has 1 aliphatic heterocycles. The number of rotatable bonds is 7. The summed E-state index contributed by atoms with van der Waals surface area (Å²) in [5, 5.41) is 12.3. The van der Waals surface area contributed by atoms with Crippen molar-refractivity contribution in [2.24, 2.45) is 0 Å². The van der Waals surface area contributed by atoms with Gasteiger partial charge in [0.15, 0.2) is 5.72 Å². The molecule has 1 aliphatic rings. The van der Waals surface area contributed by atoms with Crippen LogP contribution < -0.4 is 0 Å². The van der Waals surface area contributed by atoms with Gasteiger partial charge in [0.2, 0.25) is 10.0 Å². The van der Waals surface area contributed by atoms with Gasteiger partial charge in [-0.15, -0.1) is 6.58 Å². The highest BCUT2D eigenvalue weighted by Crippen LogP contribution is 2.38. The summed E-state index contributed by atoms with van der Waals surface area (Å²) in [6.07, 6.45) is 1.90. The van der Waals surface area contributed by atoms with Gasteiger partial charge in [0.25, 0.3) is 0 Å². The van der Waals surface area contributed by atoms with Crippen molar-refractivity contribution in [3.05, 3.63) is 78.4 Å². The number of sulfonamides is 1. The first kappa shape index (κ1) is 23.6. The van der Waals surface area contributed by atoms with Gasteiger partial charge in [0, 0.05) is 56.9 Å². The van der Waals surface area contributed by atoms with E-state index in [9.17, 15) is 13.5 Å². The van der Waals surface area contributed by atoms with E-state index in [1.807, 2.05) is 36.4 Å². The molecule has 0 unspecified atom stereocenters. The maximum absolute atomic E-state index is 12.8. The predicted octanol–water partition coefficient (Wildman–Crippen LogP) is 2.71. The third kappa shape index (κ3) is 4.47. The van der Waals surface area contributed by atoms with Crippen molar-refractivity contribution in [3.63, 3.8) is 0 Å². The summed E-state index contributed by atoms with van der Waals surface area (Å²) in [4.78, 5) is 4.58. The molecular weight excluding hydrogens is 410 g/mol. The van der Waals surface area contributed by atoms with Gasteiger partial charge in [-0.2, -0.15) is 0 Å². The highest BCUT2D eigenvalue weighted by Gasteiger charge is 2.44. The summed E-state index contributed by atoms with van der Waals surface area (Å²) in [6, 6.07) is 16.4. The van der Waals surface area contributed by atoms with E-state index < -0.39 is 15.7 Å². The summed E-state index contributed by atoms with van der Waals surface area (Å²) >= 11 is 0. The molecule has 168 valence electrons. The van der Waals surface area contributed by atoms with E-state index in [0.29, 0.717) is 17.7 Å². The number of hydrogen-bond acceptors (Lipinski definition) is 5. The maximum Gasteiger partial charge on any atom is 0.242 e. The van der Waals surface area contributed by atoms with Crippen LogP contribution in [0.25, 0.3) is 0 Å². The average molecular weight is 444 g/mol. The summed E-state index contributed by atoms with van der Waals surface area (Å²) in [5.74, 6) is 0. The molecule has 0 aliphatic carbocycles. The fourth-order valence-electron chi connectivity index (χ4n) is 4.32. The summed E-state index contributed by atoms with van der Waals surface area (Å²) in [6.45, 7) is 10.3. The molecule has 2 aromatic rings. The van der Waals surface area contributed by atoms with Crippen LogP contribution in [0.1, 0.15) is 25.0 Å². The van der Waals surface area contributed by atoms with Crippen LogP contribution in [0.15, 0.2) is 72.1 Å². The molecule has 1 saturated heterocycles. The van der Waals surface area contributed by atoms with Gasteiger partial charge < -0.3 is 5.11 Å². The van der Waals surface area contributed by atoms with E-state index >= 15 is 0 Å². The molecule has 0 aromatic heterocycles. The lowest BCUT2D eigenvalue weighted by Gasteiger charge is -2.51. The third-order valence-electron chi connectivity index (χ3n) is 6.09. The third-order valence-corrected chi connectivity index (χ3v) is 7.90. The van der Waals surface area contributed by atoms with Gasteiger partial charge in [-0.1, -0.05) is 48.5 Å². The predicted molar refractivity (Wildman–Crippen MR) is 124 cm³/mol. The van der Waals surface area contributed by atoms with Crippen molar-refractivity contribution in [1.29, 1.82) is 0 Å². The van der Waals surface area contributed by atoms with Crippen molar-refractivity contribution < 1.29 is 13.5 Å². The first-order chi connectivity index (χ1) is 14.6. The van der Waals surface area contributed by atoms with Gasteiger partial charge in [0.1, 0.15) is 0 Å². The molecule has 0 radical (unpaired) electrons. The van der Waals surface area contributed by atoms with Gasteiger partial charge >= 0.3 is 0 Å². The first-order valence-corrected chi connectivity index (χ1v) is 12.0. The maximum atomic E-state index is 12.8. The van der Waals surface area contributed by atoms with Crippen LogP contribution in [0.3, 0.4) is 0 Å². The number of benzene rings is 2. The molecule has 0 bridgehead atoms.